The number of nitrogens with two attached hydrogens (primary N) is 1. The van der Waals surface area contributed by atoms with Crippen molar-refractivity contribution in [1.29, 1.82) is 0 Å². The van der Waals surface area contributed by atoms with Gasteiger partial charge in [-0.05, 0) is 5.56 Å². The number of hydrogen-bond donors (Lipinski definition) is 2. The van der Waals surface area contributed by atoms with Gasteiger partial charge in [0.2, 0.25) is 5.91 Å². The summed E-state index contributed by atoms with van der Waals surface area (Å²) in [6.45, 7) is 0. The molecule has 3 N–H and O–H groups in total. The van der Waals surface area contributed by atoms with Gasteiger partial charge in [0, 0.05) is 13.2 Å². The molecule has 6 heteroatoms. The Kier molecular flexibility index (Phi) is 3.91. The molecule has 0 aliphatic carbocycles. The molecule has 2 rings (SSSR count). The van der Waals surface area contributed by atoms with E-state index in [0.717, 1.165) is 5.56 Å². The van der Waals surface area contributed by atoms with Crippen LogP contribution in [0.15, 0.2) is 42.7 Å². The van der Waals surface area contributed by atoms with Gasteiger partial charge >= 0.3 is 0 Å². The number of aryl methyl sites for hydroxylation is 1. The van der Waals surface area contributed by atoms with Gasteiger partial charge in [0.05, 0.1) is 16.9 Å². The molecule has 0 spiro atoms. The van der Waals surface area contributed by atoms with Crippen LogP contribution < -0.4 is 11.1 Å². The van der Waals surface area contributed by atoms with E-state index in [4.69, 9.17) is 18.0 Å². The number of thiocarbonyl (C=S) groups is 1. The van der Waals surface area contributed by atoms with E-state index >= 15 is 0 Å². The zero-order valence-corrected chi connectivity index (χ0v) is 11.2. The van der Waals surface area contributed by atoms with E-state index < -0.39 is 5.92 Å². The highest BCUT2D eigenvalue weighted by atomic mass is 32.1. The Balaban J connectivity index is 2.20. The van der Waals surface area contributed by atoms with E-state index in [1.165, 1.54) is 0 Å². The monoisotopic (exact) mass is 274 g/mol. The molecule has 1 amide bonds. The molecule has 0 saturated carbocycles. The van der Waals surface area contributed by atoms with E-state index in [0.29, 0.717) is 5.69 Å². The Morgan fingerprint density at radius 3 is 2.63 bits per heavy atom. The van der Waals surface area contributed by atoms with Gasteiger partial charge in [-0.2, -0.15) is 5.10 Å². The van der Waals surface area contributed by atoms with Crippen molar-refractivity contribution in [3.8, 4) is 0 Å². The zero-order valence-electron chi connectivity index (χ0n) is 10.4. The molecule has 0 aliphatic rings. The Morgan fingerprint density at radius 1 is 1.42 bits per heavy atom. The summed E-state index contributed by atoms with van der Waals surface area (Å²) >= 11 is 4.99. The molecule has 1 unspecified atom stereocenters. The molecule has 2 aromatic rings. The van der Waals surface area contributed by atoms with Crippen LogP contribution in [0.3, 0.4) is 0 Å². The number of aromatic nitrogens is 2. The SMILES string of the molecule is Cn1cc(NC(=O)C(C(N)=S)c2ccccc2)cn1. The number of benzene rings is 1. The summed E-state index contributed by atoms with van der Waals surface area (Å²) < 4.78 is 1.61. The zero-order chi connectivity index (χ0) is 13.8. The van der Waals surface area contributed by atoms with E-state index in [-0.39, 0.29) is 10.9 Å². The third kappa shape index (κ3) is 3.17. The predicted octanol–water partition coefficient (Wildman–Crippen LogP) is 1.43. The van der Waals surface area contributed by atoms with Gasteiger partial charge in [0.15, 0.2) is 0 Å². The summed E-state index contributed by atoms with van der Waals surface area (Å²) in [6.07, 6.45) is 3.28. The number of anilines is 1. The number of carbonyl (C=O) groups excluding carboxylic acids is 1. The maximum Gasteiger partial charge on any atom is 0.238 e. The number of hydrogen-bond acceptors (Lipinski definition) is 3. The molecule has 1 heterocycles. The molecule has 1 atom stereocenters. The molecule has 0 saturated heterocycles. The maximum absolute atomic E-state index is 12.2. The molecule has 1 aromatic carbocycles. The Morgan fingerprint density at radius 2 is 2.11 bits per heavy atom. The minimum Gasteiger partial charge on any atom is -0.392 e. The van der Waals surface area contributed by atoms with E-state index in [1.54, 1.807) is 24.1 Å². The highest BCUT2D eigenvalue weighted by Gasteiger charge is 2.23. The summed E-state index contributed by atoms with van der Waals surface area (Å²) in [7, 11) is 1.78. The number of carbonyl (C=O) groups is 1. The normalized spacial score (nSPS) is 11.8. The van der Waals surface area contributed by atoms with Crippen molar-refractivity contribution in [2.24, 2.45) is 12.8 Å². The number of nitrogens with zero attached hydrogens (tertiary/aromatic N) is 2. The number of rotatable bonds is 4. The van der Waals surface area contributed by atoms with Crippen LogP contribution in [-0.4, -0.2) is 20.7 Å². The average Bonchev–Trinajstić information content (AvgIpc) is 2.75. The van der Waals surface area contributed by atoms with Crippen LogP contribution in [-0.2, 0) is 11.8 Å². The largest absolute Gasteiger partial charge is 0.392 e. The van der Waals surface area contributed by atoms with Crippen molar-refractivity contribution in [2.45, 2.75) is 5.92 Å². The van der Waals surface area contributed by atoms with Crippen LogP contribution in [0.25, 0.3) is 0 Å². The summed E-state index contributed by atoms with van der Waals surface area (Å²) in [6, 6.07) is 9.22. The first-order valence-corrected chi connectivity index (χ1v) is 6.12. The summed E-state index contributed by atoms with van der Waals surface area (Å²) in [5.74, 6) is -0.900. The van der Waals surface area contributed by atoms with Crippen molar-refractivity contribution < 1.29 is 4.79 Å². The third-order valence-electron chi connectivity index (χ3n) is 2.65. The molecule has 0 radical (unpaired) electrons. The second kappa shape index (κ2) is 5.62. The smallest absolute Gasteiger partial charge is 0.238 e. The molecule has 19 heavy (non-hydrogen) atoms. The van der Waals surface area contributed by atoms with Crippen LogP contribution in [0.1, 0.15) is 11.5 Å². The van der Waals surface area contributed by atoms with Gasteiger partial charge in [0.25, 0.3) is 0 Å². The average molecular weight is 274 g/mol. The van der Waals surface area contributed by atoms with Crippen molar-refractivity contribution in [2.75, 3.05) is 5.32 Å². The van der Waals surface area contributed by atoms with Crippen LogP contribution in [0.4, 0.5) is 5.69 Å². The Labute approximate surface area is 116 Å². The second-order valence-electron chi connectivity index (χ2n) is 4.14. The lowest BCUT2D eigenvalue weighted by Gasteiger charge is -2.15. The molecular formula is C13H14N4OS. The fourth-order valence-corrected chi connectivity index (χ4v) is 2.03. The summed E-state index contributed by atoms with van der Waals surface area (Å²) in [5, 5.41) is 6.74. The van der Waals surface area contributed by atoms with Gasteiger partial charge in [-0.25, -0.2) is 0 Å². The molecule has 0 bridgehead atoms. The highest BCUT2D eigenvalue weighted by molar-refractivity contribution is 7.80. The lowest BCUT2D eigenvalue weighted by Crippen LogP contribution is -2.31. The molecular weight excluding hydrogens is 260 g/mol. The van der Waals surface area contributed by atoms with Crippen molar-refractivity contribution >= 4 is 28.8 Å². The predicted molar refractivity (Wildman–Crippen MR) is 77.8 cm³/mol. The minimum atomic E-state index is -0.642. The van der Waals surface area contributed by atoms with Crippen molar-refractivity contribution in [3.05, 3.63) is 48.3 Å². The first-order valence-electron chi connectivity index (χ1n) is 5.71. The van der Waals surface area contributed by atoms with E-state index in [1.807, 2.05) is 30.3 Å². The Bertz CT molecular complexity index is 594. The van der Waals surface area contributed by atoms with Crippen LogP contribution in [0.2, 0.25) is 0 Å². The van der Waals surface area contributed by atoms with Crippen molar-refractivity contribution in [3.63, 3.8) is 0 Å². The maximum atomic E-state index is 12.2. The van der Waals surface area contributed by atoms with Crippen LogP contribution >= 0.6 is 12.2 Å². The van der Waals surface area contributed by atoms with Gasteiger partial charge < -0.3 is 11.1 Å². The quantitative estimate of drug-likeness (QED) is 0.827. The number of nitrogens with one attached hydrogen (secondary N) is 1. The van der Waals surface area contributed by atoms with E-state index in [2.05, 4.69) is 10.4 Å². The fraction of sp³-hybridized carbons (Fsp3) is 0.154. The Hall–Kier alpha value is -2.21. The van der Waals surface area contributed by atoms with Crippen LogP contribution in [0, 0.1) is 0 Å². The fourth-order valence-electron chi connectivity index (χ4n) is 1.79. The minimum absolute atomic E-state index is 0.146. The molecule has 5 nitrogen and oxygen atoms in total. The second-order valence-corrected chi connectivity index (χ2v) is 4.61. The standard InChI is InChI=1S/C13H14N4OS/c1-17-8-10(7-15-17)16-13(18)11(12(14)19)9-5-3-2-4-6-9/h2-8,11H,1H3,(H2,14,19)(H,16,18). The van der Waals surface area contributed by atoms with Crippen LogP contribution in [0.5, 0.6) is 0 Å². The topological polar surface area (TPSA) is 72.9 Å². The number of amides is 1. The first-order chi connectivity index (χ1) is 9.08. The van der Waals surface area contributed by atoms with Gasteiger partial charge in [-0.3, -0.25) is 9.48 Å². The van der Waals surface area contributed by atoms with Crippen molar-refractivity contribution in [1.82, 2.24) is 9.78 Å². The molecule has 0 fully saturated rings. The van der Waals surface area contributed by atoms with E-state index in [9.17, 15) is 4.79 Å². The first kappa shape index (κ1) is 13.2. The molecule has 98 valence electrons. The molecule has 1 aromatic heterocycles. The molecule has 0 aliphatic heterocycles. The lowest BCUT2D eigenvalue weighted by molar-refractivity contribution is -0.116. The van der Waals surface area contributed by atoms with Gasteiger partial charge in [-0.15, -0.1) is 0 Å². The summed E-state index contributed by atoms with van der Waals surface area (Å²) in [4.78, 5) is 12.4. The summed E-state index contributed by atoms with van der Waals surface area (Å²) in [5.41, 5.74) is 7.07. The van der Waals surface area contributed by atoms with Gasteiger partial charge in [-0.1, -0.05) is 42.5 Å². The highest BCUT2D eigenvalue weighted by Crippen LogP contribution is 2.18. The third-order valence-corrected chi connectivity index (χ3v) is 2.89. The lowest BCUT2D eigenvalue weighted by atomic mass is 9.98. The van der Waals surface area contributed by atoms with Gasteiger partial charge in [0.1, 0.15) is 5.92 Å².